The van der Waals surface area contributed by atoms with Crippen LogP contribution in [-0.2, 0) is 4.74 Å². The predicted octanol–water partition coefficient (Wildman–Crippen LogP) is 9.63. The van der Waals surface area contributed by atoms with Gasteiger partial charge in [0.05, 0.1) is 23.3 Å². The third-order valence-corrected chi connectivity index (χ3v) is 8.80. The smallest absolute Gasteiger partial charge is 0.343 e. The summed E-state index contributed by atoms with van der Waals surface area (Å²) in [5.41, 5.74) is 5.13. The Bertz CT molecular complexity index is 1720. The van der Waals surface area contributed by atoms with E-state index < -0.39 is 11.9 Å². The van der Waals surface area contributed by atoms with E-state index in [1.54, 1.807) is 60.7 Å². The van der Waals surface area contributed by atoms with Crippen LogP contribution in [0, 0.1) is 12.8 Å². The summed E-state index contributed by atoms with van der Waals surface area (Å²) in [6.45, 7) is 8.40. The molecular formula is C41H42O6. The van der Waals surface area contributed by atoms with Gasteiger partial charge >= 0.3 is 17.9 Å². The lowest BCUT2D eigenvalue weighted by molar-refractivity contribution is 0.0403. The van der Waals surface area contributed by atoms with Crippen LogP contribution in [0.2, 0.25) is 0 Å². The summed E-state index contributed by atoms with van der Waals surface area (Å²) < 4.78 is 18.2. The van der Waals surface area contributed by atoms with Crippen LogP contribution in [0.4, 0.5) is 0 Å². The van der Waals surface area contributed by atoms with Crippen molar-refractivity contribution in [2.75, 3.05) is 6.61 Å². The van der Waals surface area contributed by atoms with Gasteiger partial charge in [-0.05, 0) is 106 Å². The van der Waals surface area contributed by atoms with Crippen molar-refractivity contribution < 1.29 is 28.6 Å². The first-order chi connectivity index (χ1) is 22.7. The van der Waals surface area contributed by atoms with Crippen molar-refractivity contribution in [1.29, 1.82) is 0 Å². The van der Waals surface area contributed by atoms with Gasteiger partial charge in [-0.3, -0.25) is 0 Å². The zero-order chi connectivity index (χ0) is 33.3. The van der Waals surface area contributed by atoms with Crippen LogP contribution in [0.15, 0.2) is 109 Å². The largest absolute Gasteiger partial charge is 0.462 e. The molecule has 6 heteroatoms. The fourth-order valence-electron chi connectivity index (χ4n) is 6.35. The van der Waals surface area contributed by atoms with Crippen LogP contribution >= 0.6 is 0 Å². The second kappa shape index (κ2) is 15.5. The maximum atomic E-state index is 13.5. The van der Waals surface area contributed by atoms with Crippen LogP contribution in [0.3, 0.4) is 0 Å². The molecular weight excluding hydrogens is 588 g/mol. The Morgan fingerprint density at radius 1 is 0.745 bits per heavy atom. The molecule has 0 amide bonds. The lowest BCUT2D eigenvalue weighted by atomic mass is 9.70. The van der Waals surface area contributed by atoms with Gasteiger partial charge in [0.25, 0.3) is 0 Å². The Labute approximate surface area is 277 Å². The molecule has 0 bridgehead atoms. The van der Waals surface area contributed by atoms with Crippen LogP contribution in [0.1, 0.15) is 106 Å². The van der Waals surface area contributed by atoms with Crippen molar-refractivity contribution in [3.63, 3.8) is 0 Å². The Hall–Kier alpha value is -4.97. The van der Waals surface area contributed by atoms with Crippen molar-refractivity contribution in [3.8, 4) is 11.5 Å². The summed E-state index contributed by atoms with van der Waals surface area (Å²) in [4.78, 5) is 39.9. The molecule has 242 valence electrons. The molecule has 6 nitrogen and oxygen atoms in total. The Kier molecular flexibility index (Phi) is 11.0. The second-order valence-electron chi connectivity index (χ2n) is 12.5. The van der Waals surface area contributed by atoms with E-state index in [0.717, 1.165) is 36.8 Å². The molecule has 0 radical (unpaired) electrons. The molecule has 1 aliphatic carbocycles. The molecule has 1 aliphatic rings. The van der Waals surface area contributed by atoms with E-state index in [-0.39, 0.29) is 41.8 Å². The number of esters is 3. The normalized spacial score (nSPS) is 15.9. The summed E-state index contributed by atoms with van der Waals surface area (Å²) in [6.07, 6.45) is 5.58. The minimum absolute atomic E-state index is 0.0132. The third kappa shape index (κ3) is 8.25. The molecule has 0 fully saturated rings. The number of allylic oxidation sites excluding steroid dienone is 2. The van der Waals surface area contributed by atoms with E-state index in [1.807, 2.05) is 37.3 Å². The van der Waals surface area contributed by atoms with Crippen LogP contribution < -0.4 is 9.47 Å². The monoisotopic (exact) mass is 630 g/mol. The fraction of sp³-hybridized carbons (Fsp3) is 0.293. The van der Waals surface area contributed by atoms with Gasteiger partial charge in [-0.1, -0.05) is 79.2 Å². The SMILES string of the molecule is CC(C)=CCC[C@H](COC(=O)c1ccccc1)C1CC[C@@H](C)c2c1cc(C)c(OC(=O)c1ccccc1)c2OC(=O)c1ccccc1. The number of benzene rings is 4. The molecule has 0 saturated carbocycles. The summed E-state index contributed by atoms with van der Waals surface area (Å²) >= 11 is 0. The van der Waals surface area contributed by atoms with E-state index >= 15 is 0 Å². The van der Waals surface area contributed by atoms with Crippen molar-refractivity contribution >= 4 is 17.9 Å². The number of fused-ring (bicyclic) bond motifs is 1. The number of hydrogen-bond acceptors (Lipinski definition) is 6. The van der Waals surface area contributed by atoms with Crippen molar-refractivity contribution in [2.45, 2.75) is 65.2 Å². The zero-order valence-electron chi connectivity index (χ0n) is 27.5. The minimum Gasteiger partial charge on any atom is -0.462 e. The first-order valence-electron chi connectivity index (χ1n) is 16.3. The average molecular weight is 631 g/mol. The summed E-state index contributed by atoms with van der Waals surface area (Å²) in [5.74, 6) is -0.814. The summed E-state index contributed by atoms with van der Waals surface area (Å²) in [6, 6.07) is 28.7. The van der Waals surface area contributed by atoms with Gasteiger partial charge in [-0.15, -0.1) is 0 Å². The zero-order valence-corrected chi connectivity index (χ0v) is 27.5. The Morgan fingerprint density at radius 3 is 1.79 bits per heavy atom. The van der Waals surface area contributed by atoms with Gasteiger partial charge in [0.15, 0.2) is 11.5 Å². The molecule has 3 atom stereocenters. The molecule has 0 aliphatic heterocycles. The van der Waals surface area contributed by atoms with E-state index in [9.17, 15) is 14.4 Å². The van der Waals surface area contributed by atoms with Gasteiger partial charge in [0.2, 0.25) is 0 Å². The highest BCUT2D eigenvalue weighted by Crippen LogP contribution is 2.51. The number of carbonyl (C=O) groups is 3. The number of rotatable bonds is 11. The molecule has 0 spiro atoms. The molecule has 47 heavy (non-hydrogen) atoms. The first-order valence-corrected chi connectivity index (χ1v) is 16.3. The van der Waals surface area contributed by atoms with E-state index in [2.05, 4.69) is 32.9 Å². The van der Waals surface area contributed by atoms with E-state index in [1.165, 1.54) is 5.57 Å². The van der Waals surface area contributed by atoms with Gasteiger partial charge in [-0.25, -0.2) is 14.4 Å². The molecule has 4 aromatic rings. The maximum absolute atomic E-state index is 13.5. The summed E-state index contributed by atoms with van der Waals surface area (Å²) in [7, 11) is 0. The van der Waals surface area contributed by atoms with Gasteiger partial charge in [-0.2, -0.15) is 0 Å². The topological polar surface area (TPSA) is 78.9 Å². The molecule has 0 heterocycles. The number of carbonyl (C=O) groups excluding carboxylic acids is 3. The molecule has 0 saturated heterocycles. The van der Waals surface area contributed by atoms with Crippen molar-refractivity contribution in [1.82, 2.24) is 0 Å². The molecule has 5 rings (SSSR count). The number of ether oxygens (including phenoxy) is 3. The number of hydrogen-bond donors (Lipinski definition) is 0. The summed E-state index contributed by atoms with van der Waals surface area (Å²) in [5, 5.41) is 0. The molecule has 4 aromatic carbocycles. The lowest BCUT2D eigenvalue weighted by Crippen LogP contribution is -2.26. The van der Waals surface area contributed by atoms with Gasteiger partial charge in [0, 0.05) is 11.5 Å². The molecule has 0 aromatic heterocycles. The number of aryl methyl sites for hydroxylation is 1. The Balaban J connectivity index is 1.56. The molecule has 0 N–H and O–H groups in total. The van der Waals surface area contributed by atoms with E-state index in [0.29, 0.717) is 22.3 Å². The predicted molar refractivity (Wildman–Crippen MR) is 183 cm³/mol. The fourth-order valence-corrected chi connectivity index (χ4v) is 6.35. The van der Waals surface area contributed by atoms with Gasteiger partial charge < -0.3 is 14.2 Å². The standard InChI is InChI=1S/C41H42O6/c1-27(2)15-14-22-33(26-45-39(42)30-16-8-5-9-17-30)34-24-23-28(3)36-35(34)25-29(4)37(46-40(43)31-18-10-6-11-19-31)38(36)47-41(44)32-20-12-7-13-21-32/h5-13,15-21,25,28,33-34H,14,22-24,26H2,1-4H3/t28-,33-,34?/m1/s1. The quantitative estimate of drug-likeness (QED) is 0.0933. The van der Waals surface area contributed by atoms with E-state index in [4.69, 9.17) is 14.2 Å². The highest BCUT2D eigenvalue weighted by Gasteiger charge is 2.36. The Morgan fingerprint density at radius 2 is 1.26 bits per heavy atom. The minimum atomic E-state index is -0.530. The van der Waals surface area contributed by atoms with Crippen molar-refractivity contribution in [2.24, 2.45) is 5.92 Å². The highest BCUT2D eigenvalue weighted by molar-refractivity contribution is 5.94. The second-order valence-corrected chi connectivity index (χ2v) is 12.5. The van der Waals surface area contributed by atoms with Crippen LogP contribution in [-0.4, -0.2) is 24.5 Å². The lowest BCUT2D eigenvalue weighted by Gasteiger charge is -2.36. The maximum Gasteiger partial charge on any atom is 0.343 e. The van der Waals surface area contributed by atoms with Crippen LogP contribution in [0.5, 0.6) is 11.5 Å². The van der Waals surface area contributed by atoms with Gasteiger partial charge in [0.1, 0.15) is 0 Å². The van der Waals surface area contributed by atoms with Crippen LogP contribution in [0.25, 0.3) is 0 Å². The van der Waals surface area contributed by atoms with Crippen molar-refractivity contribution in [3.05, 3.63) is 142 Å². The molecule has 1 unspecified atom stereocenters. The average Bonchev–Trinajstić information content (AvgIpc) is 3.08. The highest BCUT2D eigenvalue weighted by atomic mass is 16.6. The third-order valence-electron chi connectivity index (χ3n) is 8.80. The first kappa shape index (κ1) is 33.4.